The highest BCUT2D eigenvalue weighted by atomic mass is 16.6. The Hall–Kier alpha value is -3.41. The number of amides is 2. The summed E-state index contributed by atoms with van der Waals surface area (Å²) in [6.07, 6.45) is 2.84. The Balaban J connectivity index is 1.68. The van der Waals surface area contributed by atoms with Crippen LogP contribution in [0.2, 0.25) is 0 Å². The second-order valence-electron chi connectivity index (χ2n) is 10.8. The number of ketones is 1. The lowest BCUT2D eigenvalue weighted by Gasteiger charge is -2.27. The molecule has 0 fully saturated rings. The van der Waals surface area contributed by atoms with Crippen LogP contribution < -0.4 is 10.6 Å². The van der Waals surface area contributed by atoms with Gasteiger partial charge in [0.1, 0.15) is 5.60 Å². The number of hydrogen-bond acceptors (Lipinski definition) is 4. The van der Waals surface area contributed by atoms with Crippen LogP contribution in [0.25, 0.3) is 0 Å². The number of carbonyl (C=O) groups is 3. The molecule has 0 aliphatic heterocycles. The van der Waals surface area contributed by atoms with E-state index >= 15 is 0 Å². The molecular formula is C29H36N2O4. The molecule has 2 aromatic rings. The fourth-order valence-corrected chi connectivity index (χ4v) is 4.11. The summed E-state index contributed by atoms with van der Waals surface area (Å²) in [6, 6.07) is 15.0. The van der Waals surface area contributed by atoms with Crippen LogP contribution in [0.5, 0.6) is 0 Å². The summed E-state index contributed by atoms with van der Waals surface area (Å²) in [5.41, 5.74) is 2.45. The molecule has 6 nitrogen and oxygen atoms in total. The van der Waals surface area contributed by atoms with Gasteiger partial charge in [-0.1, -0.05) is 63.2 Å². The Morgan fingerprint density at radius 3 is 2.31 bits per heavy atom. The smallest absolute Gasteiger partial charge is 0.407 e. The lowest BCUT2D eigenvalue weighted by atomic mass is 9.84. The number of benzene rings is 2. The zero-order valence-corrected chi connectivity index (χ0v) is 21.5. The highest BCUT2D eigenvalue weighted by Crippen LogP contribution is 2.30. The van der Waals surface area contributed by atoms with E-state index in [0.717, 1.165) is 17.5 Å². The number of carbonyl (C=O) groups excluding carboxylic acids is 3. The maximum atomic E-state index is 13.2. The number of allylic oxidation sites excluding steroid dienone is 1. The molecule has 0 saturated carbocycles. The molecule has 0 radical (unpaired) electrons. The number of rotatable bonds is 5. The Morgan fingerprint density at radius 1 is 1.00 bits per heavy atom. The van der Waals surface area contributed by atoms with Crippen molar-refractivity contribution < 1.29 is 19.1 Å². The minimum atomic E-state index is -0.554. The molecule has 2 amide bonds. The summed E-state index contributed by atoms with van der Waals surface area (Å²) in [5.74, 6) is -0.384. The van der Waals surface area contributed by atoms with E-state index in [9.17, 15) is 14.4 Å². The minimum absolute atomic E-state index is 0.176. The fraction of sp³-hybridized carbons (Fsp3) is 0.414. The molecule has 35 heavy (non-hydrogen) atoms. The molecule has 6 heteroatoms. The average Bonchev–Trinajstić information content (AvgIpc) is 2.78. The highest BCUT2D eigenvalue weighted by molar-refractivity contribution is 6.29. The first kappa shape index (κ1) is 26.2. The SMILES string of the molecule is CC1CC/C=C(/C(=O)Nc2ccc(C(C)(C)CNC(=O)OC(C)(C)C)cc2)C(=O)c2ccccc21. The second kappa shape index (κ2) is 10.5. The third-order valence-electron chi connectivity index (χ3n) is 6.17. The summed E-state index contributed by atoms with van der Waals surface area (Å²) in [6.45, 7) is 12.0. The van der Waals surface area contributed by atoms with Gasteiger partial charge in [-0.25, -0.2) is 4.79 Å². The van der Waals surface area contributed by atoms with E-state index < -0.39 is 17.6 Å². The summed E-state index contributed by atoms with van der Waals surface area (Å²) in [7, 11) is 0. The molecule has 186 valence electrons. The van der Waals surface area contributed by atoms with Crippen molar-refractivity contribution in [2.24, 2.45) is 0 Å². The van der Waals surface area contributed by atoms with Gasteiger partial charge in [0.15, 0.2) is 5.78 Å². The van der Waals surface area contributed by atoms with Crippen LogP contribution in [-0.4, -0.2) is 29.9 Å². The Bertz CT molecular complexity index is 1120. The summed E-state index contributed by atoms with van der Waals surface area (Å²) >= 11 is 0. The van der Waals surface area contributed by atoms with Gasteiger partial charge in [0.25, 0.3) is 5.91 Å². The predicted molar refractivity (Wildman–Crippen MR) is 139 cm³/mol. The molecule has 3 rings (SSSR count). The molecule has 0 saturated heterocycles. The van der Waals surface area contributed by atoms with Crippen molar-refractivity contribution in [3.05, 3.63) is 76.9 Å². The van der Waals surface area contributed by atoms with Gasteiger partial charge in [0.05, 0.1) is 5.57 Å². The zero-order valence-electron chi connectivity index (χ0n) is 21.5. The number of hydrogen-bond donors (Lipinski definition) is 2. The van der Waals surface area contributed by atoms with Crippen molar-refractivity contribution in [3.8, 4) is 0 Å². The van der Waals surface area contributed by atoms with E-state index in [0.29, 0.717) is 24.2 Å². The first-order chi connectivity index (χ1) is 16.4. The van der Waals surface area contributed by atoms with Gasteiger partial charge in [-0.05, 0) is 62.8 Å². The quantitative estimate of drug-likeness (QED) is 0.508. The van der Waals surface area contributed by atoms with Crippen LogP contribution in [0.1, 0.15) is 81.8 Å². The second-order valence-corrected chi connectivity index (χ2v) is 10.8. The largest absolute Gasteiger partial charge is 0.444 e. The van der Waals surface area contributed by atoms with Gasteiger partial charge in [0, 0.05) is 23.2 Å². The maximum Gasteiger partial charge on any atom is 0.407 e. The number of anilines is 1. The summed E-state index contributed by atoms with van der Waals surface area (Å²) < 4.78 is 5.31. The molecule has 0 heterocycles. The Labute approximate surface area is 208 Å². The third kappa shape index (κ3) is 6.81. The van der Waals surface area contributed by atoms with Crippen molar-refractivity contribution in [1.29, 1.82) is 0 Å². The van der Waals surface area contributed by atoms with Crippen molar-refractivity contribution in [1.82, 2.24) is 5.32 Å². The Morgan fingerprint density at radius 2 is 1.66 bits per heavy atom. The molecule has 2 aromatic carbocycles. The molecule has 0 spiro atoms. The zero-order chi connectivity index (χ0) is 25.8. The van der Waals surface area contributed by atoms with Crippen molar-refractivity contribution >= 4 is 23.5 Å². The van der Waals surface area contributed by atoms with Crippen LogP contribution in [-0.2, 0) is 14.9 Å². The molecule has 2 N–H and O–H groups in total. The monoisotopic (exact) mass is 476 g/mol. The lowest BCUT2D eigenvalue weighted by Crippen LogP contribution is -2.39. The van der Waals surface area contributed by atoms with E-state index in [1.165, 1.54) is 0 Å². The highest BCUT2D eigenvalue weighted by Gasteiger charge is 2.26. The summed E-state index contributed by atoms with van der Waals surface area (Å²) in [4.78, 5) is 38.3. The van der Waals surface area contributed by atoms with E-state index in [-0.39, 0.29) is 22.7 Å². The standard InChI is InChI=1S/C29H36N2O4/c1-19-10-9-13-24(25(32)23-12-8-7-11-22(19)23)26(33)31-21-16-14-20(15-17-21)29(5,6)18-30-27(34)35-28(2,3)4/h7-8,11-17,19H,9-10,18H2,1-6H3,(H,30,34)(H,31,33)/b24-13+. The third-order valence-corrected chi connectivity index (χ3v) is 6.17. The molecule has 1 aliphatic carbocycles. The number of fused-ring (bicyclic) bond motifs is 1. The number of alkyl carbamates (subject to hydrolysis) is 1. The molecule has 1 aliphatic rings. The van der Waals surface area contributed by atoms with Crippen molar-refractivity contribution in [3.63, 3.8) is 0 Å². The average molecular weight is 477 g/mol. The van der Waals surface area contributed by atoms with Gasteiger partial charge < -0.3 is 15.4 Å². The van der Waals surface area contributed by atoms with Crippen molar-refractivity contribution in [2.75, 3.05) is 11.9 Å². The number of Topliss-reactive ketones (excluding diaryl/α,β-unsaturated/α-hetero) is 1. The Kier molecular flexibility index (Phi) is 7.83. The van der Waals surface area contributed by atoms with E-state index in [1.807, 2.05) is 77.1 Å². The first-order valence-corrected chi connectivity index (χ1v) is 12.1. The normalized spacial score (nSPS) is 17.8. The number of ether oxygens (including phenoxy) is 1. The molecule has 0 aromatic heterocycles. The molecule has 1 unspecified atom stereocenters. The van der Waals surface area contributed by atoms with Crippen LogP contribution in [0, 0.1) is 0 Å². The molecular weight excluding hydrogens is 440 g/mol. The molecule has 1 atom stereocenters. The van der Waals surface area contributed by atoms with Crippen molar-refractivity contribution in [2.45, 2.75) is 71.3 Å². The summed E-state index contributed by atoms with van der Waals surface area (Å²) in [5, 5.41) is 5.69. The van der Waals surface area contributed by atoms with Crippen LogP contribution in [0.15, 0.2) is 60.2 Å². The fourth-order valence-electron chi connectivity index (χ4n) is 4.11. The van der Waals surface area contributed by atoms with E-state index in [4.69, 9.17) is 4.74 Å². The van der Waals surface area contributed by atoms with E-state index in [1.54, 1.807) is 12.1 Å². The van der Waals surface area contributed by atoms with Gasteiger partial charge in [0.2, 0.25) is 0 Å². The maximum absolute atomic E-state index is 13.2. The molecule has 0 bridgehead atoms. The number of nitrogens with one attached hydrogen (secondary N) is 2. The van der Waals surface area contributed by atoms with E-state index in [2.05, 4.69) is 17.6 Å². The minimum Gasteiger partial charge on any atom is -0.444 e. The van der Waals surface area contributed by atoms with Gasteiger partial charge >= 0.3 is 6.09 Å². The van der Waals surface area contributed by atoms with Crippen LogP contribution >= 0.6 is 0 Å². The van der Waals surface area contributed by atoms with Gasteiger partial charge in [-0.15, -0.1) is 0 Å². The van der Waals surface area contributed by atoms with Crippen LogP contribution in [0.3, 0.4) is 0 Å². The van der Waals surface area contributed by atoms with Crippen LogP contribution in [0.4, 0.5) is 10.5 Å². The van der Waals surface area contributed by atoms with Gasteiger partial charge in [-0.2, -0.15) is 0 Å². The first-order valence-electron chi connectivity index (χ1n) is 12.1. The lowest BCUT2D eigenvalue weighted by molar-refractivity contribution is -0.112. The topological polar surface area (TPSA) is 84.5 Å². The predicted octanol–water partition coefficient (Wildman–Crippen LogP) is 6.13. The van der Waals surface area contributed by atoms with Gasteiger partial charge in [-0.3, -0.25) is 9.59 Å².